The number of hydrogen-bond acceptors (Lipinski definition) is 10. The second-order valence-corrected chi connectivity index (χ2v) is 14.0. The standard InChI is InChI=1S/C26H31N5O5S2/c1-15(2)26(27,24(32)33)8-9-36-20-12-18-17(11-22(20)38(34,35)25(3,4)5)23(29-13-28-18)31-16-6-7-21-19(10-16)30-14-37-21/h6-7,10-15H,8-9,27H2,1-5H3,(H,32,33)(H,28,29,31)/t26-/m0/s1. The maximum absolute atomic E-state index is 13.6. The van der Waals surface area contributed by atoms with Gasteiger partial charge in [-0.25, -0.2) is 23.4 Å². The molecule has 0 aliphatic heterocycles. The molecule has 1 atom stereocenters. The number of carboxylic acid groups (broad SMARTS) is 1. The van der Waals surface area contributed by atoms with Crippen molar-refractivity contribution in [2.75, 3.05) is 11.9 Å². The molecule has 0 saturated heterocycles. The first-order chi connectivity index (χ1) is 17.7. The molecule has 2 aromatic carbocycles. The molecule has 0 spiro atoms. The number of thiazole rings is 1. The van der Waals surface area contributed by atoms with E-state index in [9.17, 15) is 18.3 Å². The molecule has 0 saturated carbocycles. The number of benzene rings is 2. The van der Waals surface area contributed by atoms with E-state index in [1.54, 1.807) is 46.2 Å². The molecule has 4 aromatic rings. The molecular formula is C26H31N5O5S2. The Bertz CT molecular complexity index is 1610. The molecule has 0 fully saturated rings. The van der Waals surface area contributed by atoms with Gasteiger partial charge in [0.25, 0.3) is 0 Å². The second-order valence-electron chi connectivity index (χ2n) is 10.4. The van der Waals surface area contributed by atoms with E-state index in [1.807, 2.05) is 18.2 Å². The lowest BCUT2D eigenvalue weighted by atomic mass is 9.85. The number of aliphatic carboxylic acids is 1. The molecule has 10 nitrogen and oxygen atoms in total. The molecular weight excluding hydrogens is 526 g/mol. The first-order valence-electron chi connectivity index (χ1n) is 12.0. The highest BCUT2D eigenvalue weighted by atomic mass is 32.2. The van der Waals surface area contributed by atoms with Crippen LogP contribution in [0.15, 0.2) is 47.1 Å². The Morgan fingerprint density at radius 2 is 1.87 bits per heavy atom. The van der Waals surface area contributed by atoms with Crippen molar-refractivity contribution in [1.29, 1.82) is 0 Å². The maximum atomic E-state index is 13.6. The highest BCUT2D eigenvalue weighted by Gasteiger charge is 2.38. The summed E-state index contributed by atoms with van der Waals surface area (Å²) in [6.07, 6.45) is 1.37. The normalized spacial score (nSPS) is 14.1. The molecule has 12 heteroatoms. The van der Waals surface area contributed by atoms with Gasteiger partial charge in [-0.3, -0.25) is 4.79 Å². The topological polar surface area (TPSA) is 157 Å². The number of ether oxygens (including phenoxy) is 1. The lowest BCUT2D eigenvalue weighted by Crippen LogP contribution is -2.53. The average Bonchev–Trinajstić information content (AvgIpc) is 3.30. The SMILES string of the molecule is CC(C)[C@@](N)(CCOc1cc2ncnc(Nc3ccc4scnc4c3)c2cc1S(=O)(=O)C(C)(C)C)C(=O)O. The number of sulfone groups is 1. The van der Waals surface area contributed by atoms with Gasteiger partial charge in [0, 0.05) is 23.6 Å². The first-order valence-corrected chi connectivity index (χ1v) is 14.4. The highest BCUT2D eigenvalue weighted by Crippen LogP contribution is 2.37. The summed E-state index contributed by atoms with van der Waals surface area (Å²) in [7, 11) is -3.87. The molecule has 4 N–H and O–H groups in total. The van der Waals surface area contributed by atoms with Crippen LogP contribution in [0.1, 0.15) is 41.0 Å². The number of nitrogens with one attached hydrogen (secondary N) is 1. The fraction of sp³-hybridized carbons (Fsp3) is 0.385. The number of nitrogens with two attached hydrogens (primary N) is 1. The van der Waals surface area contributed by atoms with Crippen LogP contribution in [0.25, 0.3) is 21.1 Å². The Balaban J connectivity index is 1.77. The van der Waals surface area contributed by atoms with E-state index in [0.29, 0.717) is 16.7 Å². The quantitative estimate of drug-likeness (QED) is 0.262. The molecule has 0 aliphatic rings. The number of aromatic nitrogens is 3. The van der Waals surface area contributed by atoms with Crippen LogP contribution in [-0.2, 0) is 14.6 Å². The lowest BCUT2D eigenvalue weighted by molar-refractivity contribution is -0.145. The van der Waals surface area contributed by atoms with Crippen molar-refractivity contribution in [3.05, 3.63) is 42.2 Å². The summed E-state index contributed by atoms with van der Waals surface area (Å²) in [4.78, 5) is 24.8. The summed E-state index contributed by atoms with van der Waals surface area (Å²) in [6.45, 7) is 8.16. The van der Waals surface area contributed by atoms with Crippen LogP contribution in [0.4, 0.5) is 11.5 Å². The fourth-order valence-electron chi connectivity index (χ4n) is 3.86. The van der Waals surface area contributed by atoms with Crippen LogP contribution in [-0.4, -0.2) is 51.3 Å². The summed E-state index contributed by atoms with van der Waals surface area (Å²) >= 11 is 1.54. The Labute approximate surface area is 225 Å². The number of rotatable bonds is 9. The fourth-order valence-corrected chi connectivity index (χ4v) is 5.84. The van der Waals surface area contributed by atoms with E-state index < -0.39 is 26.1 Å². The zero-order valence-electron chi connectivity index (χ0n) is 21.8. The van der Waals surface area contributed by atoms with Gasteiger partial charge in [-0.15, -0.1) is 11.3 Å². The van der Waals surface area contributed by atoms with Gasteiger partial charge in [-0.2, -0.15) is 0 Å². The van der Waals surface area contributed by atoms with Crippen molar-refractivity contribution >= 4 is 59.8 Å². The second kappa shape index (κ2) is 10.1. The van der Waals surface area contributed by atoms with Crippen LogP contribution in [0.3, 0.4) is 0 Å². The predicted molar refractivity (Wildman–Crippen MR) is 149 cm³/mol. The molecule has 2 aromatic heterocycles. The van der Waals surface area contributed by atoms with Crippen molar-refractivity contribution in [2.24, 2.45) is 11.7 Å². The monoisotopic (exact) mass is 557 g/mol. The molecule has 4 rings (SSSR count). The summed E-state index contributed by atoms with van der Waals surface area (Å²) in [5, 5.41) is 13.4. The van der Waals surface area contributed by atoms with Crippen LogP contribution in [0, 0.1) is 5.92 Å². The molecule has 0 unspecified atom stereocenters. The minimum atomic E-state index is -3.87. The molecule has 0 radical (unpaired) electrons. The Hall–Kier alpha value is -3.35. The summed E-state index contributed by atoms with van der Waals surface area (Å²) in [6, 6.07) is 8.78. The minimum absolute atomic E-state index is 0.0112. The smallest absolute Gasteiger partial charge is 0.324 e. The summed E-state index contributed by atoms with van der Waals surface area (Å²) in [5.41, 5.74) is 8.41. The van der Waals surface area contributed by atoms with E-state index in [4.69, 9.17) is 10.5 Å². The lowest BCUT2D eigenvalue weighted by Gasteiger charge is -2.29. The zero-order valence-corrected chi connectivity index (χ0v) is 23.5. The molecule has 0 amide bonds. The number of carboxylic acids is 1. The predicted octanol–water partition coefficient (Wildman–Crippen LogP) is 4.76. The Morgan fingerprint density at radius 1 is 1.13 bits per heavy atom. The van der Waals surface area contributed by atoms with Gasteiger partial charge in [0.05, 0.1) is 32.6 Å². The number of anilines is 2. The third-order valence-electron chi connectivity index (χ3n) is 6.59. The van der Waals surface area contributed by atoms with E-state index in [-0.39, 0.29) is 29.6 Å². The highest BCUT2D eigenvalue weighted by molar-refractivity contribution is 7.92. The van der Waals surface area contributed by atoms with Gasteiger partial charge in [0.2, 0.25) is 0 Å². The molecule has 0 aliphatic carbocycles. The van der Waals surface area contributed by atoms with Gasteiger partial charge in [0.1, 0.15) is 28.3 Å². The van der Waals surface area contributed by atoms with Crippen LogP contribution in [0.2, 0.25) is 0 Å². The summed E-state index contributed by atoms with van der Waals surface area (Å²) in [5.74, 6) is -0.995. The number of fused-ring (bicyclic) bond motifs is 2. The zero-order chi connectivity index (χ0) is 27.9. The van der Waals surface area contributed by atoms with Crippen LogP contribution >= 0.6 is 11.3 Å². The van der Waals surface area contributed by atoms with Gasteiger partial charge in [-0.1, -0.05) is 13.8 Å². The molecule has 202 valence electrons. The third-order valence-corrected chi connectivity index (χ3v) is 9.91. The molecule has 2 heterocycles. The Kier molecular flexibility index (Phi) is 7.34. The number of carbonyl (C=O) groups is 1. The molecule has 38 heavy (non-hydrogen) atoms. The maximum Gasteiger partial charge on any atom is 0.324 e. The van der Waals surface area contributed by atoms with Crippen molar-refractivity contribution in [3.63, 3.8) is 0 Å². The largest absolute Gasteiger partial charge is 0.492 e. The third kappa shape index (κ3) is 5.16. The van der Waals surface area contributed by atoms with Crippen molar-refractivity contribution in [1.82, 2.24) is 15.0 Å². The van der Waals surface area contributed by atoms with Crippen molar-refractivity contribution < 1.29 is 23.1 Å². The average molecular weight is 558 g/mol. The van der Waals surface area contributed by atoms with E-state index in [1.165, 1.54) is 23.7 Å². The van der Waals surface area contributed by atoms with Gasteiger partial charge in [-0.05, 0) is 51.0 Å². The van der Waals surface area contributed by atoms with Gasteiger partial charge < -0.3 is 20.9 Å². The van der Waals surface area contributed by atoms with Crippen LogP contribution < -0.4 is 15.8 Å². The van der Waals surface area contributed by atoms with Crippen LogP contribution in [0.5, 0.6) is 5.75 Å². The summed E-state index contributed by atoms with van der Waals surface area (Å²) < 4.78 is 33.1. The van der Waals surface area contributed by atoms with E-state index in [0.717, 1.165) is 15.9 Å². The van der Waals surface area contributed by atoms with Gasteiger partial charge in [0.15, 0.2) is 9.84 Å². The number of nitrogens with zero attached hydrogens (tertiary/aromatic N) is 3. The van der Waals surface area contributed by atoms with Crippen molar-refractivity contribution in [2.45, 2.75) is 56.2 Å². The molecule has 0 bridgehead atoms. The minimum Gasteiger partial charge on any atom is -0.492 e. The van der Waals surface area contributed by atoms with Crippen molar-refractivity contribution in [3.8, 4) is 5.75 Å². The first kappa shape index (κ1) is 27.7. The Morgan fingerprint density at radius 3 is 2.53 bits per heavy atom. The van der Waals surface area contributed by atoms with E-state index >= 15 is 0 Å². The van der Waals surface area contributed by atoms with E-state index in [2.05, 4.69) is 20.3 Å². The van der Waals surface area contributed by atoms with Gasteiger partial charge >= 0.3 is 5.97 Å². The number of hydrogen-bond donors (Lipinski definition) is 3.